The van der Waals surface area contributed by atoms with E-state index in [4.69, 9.17) is 16.3 Å². The van der Waals surface area contributed by atoms with Gasteiger partial charge in [0.25, 0.3) is 5.91 Å². The minimum atomic E-state index is -0.342. The maximum atomic E-state index is 13.8. The van der Waals surface area contributed by atoms with E-state index in [-0.39, 0.29) is 23.6 Å². The molecule has 2 heterocycles. The zero-order valence-corrected chi connectivity index (χ0v) is 18.1. The highest BCUT2D eigenvalue weighted by Gasteiger charge is 2.30. The number of fused-ring (bicyclic) bond motifs is 1. The molecule has 162 valence electrons. The lowest BCUT2D eigenvalue weighted by molar-refractivity contribution is -0.149. The molecule has 0 atom stereocenters. The fourth-order valence-electron chi connectivity index (χ4n) is 4.10. The number of piperidine rings is 1. The molecule has 1 aliphatic rings. The largest absolute Gasteiger partial charge is 0.466 e. The van der Waals surface area contributed by atoms with E-state index >= 15 is 0 Å². The normalized spacial score (nSPS) is 14.7. The smallest absolute Gasteiger partial charge is 0.309 e. The Kier molecular flexibility index (Phi) is 6.28. The summed E-state index contributed by atoms with van der Waals surface area (Å²) in [4.78, 5) is 27.2. The van der Waals surface area contributed by atoms with Gasteiger partial charge in [-0.05, 0) is 61.7 Å². The van der Waals surface area contributed by atoms with E-state index in [0.29, 0.717) is 55.2 Å². The predicted octanol–water partition coefficient (Wildman–Crippen LogP) is 4.90. The average molecular weight is 443 g/mol. The van der Waals surface area contributed by atoms with Crippen molar-refractivity contribution in [3.63, 3.8) is 0 Å². The van der Waals surface area contributed by atoms with Crippen molar-refractivity contribution in [2.24, 2.45) is 5.92 Å². The summed E-state index contributed by atoms with van der Waals surface area (Å²) in [5.74, 6) is -0.821. The summed E-state index contributed by atoms with van der Waals surface area (Å²) in [6.07, 6.45) is 1.16. The average Bonchev–Trinajstić information content (AvgIpc) is 3.12. The summed E-state index contributed by atoms with van der Waals surface area (Å²) >= 11 is 6.00. The standard InChI is InChI=1S/C24H24ClFN2O3/c1-2-31-24(30)17-9-11-27(12-10-17)23(29)22-14-18-13-20(26)7-8-21(18)28(22)15-16-3-5-19(25)6-4-16/h3-8,13-14,17H,2,9-12,15H2,1H3. The molecule has 2 aromatic carbocycles. The molecular weight excluding hydrogens is 419 g/mol. The fourth-order valence-corrected chi connectivity index (χ4v) is 4.23. The first-order chi connectivity index (χ1) is 15.0. The lowest BCUT2D eigenvalue weighted by Gasteiger charge is -2.31. The molecule has 3 aromatic rings. The van der Waals surface area contributed by atoms with Gasteiger partial charge < -0.3 is 14.2 Å². The molecule has 1 amide bonds. The van der Waals surface area contributed by atoms with Gasteiger partial charge in [0.1, 0.15) is 11.5 Å². The van der Waals surface area contributed by atoms with Crippen LogP contribution in [-0.4, -0.2) is 41.0 Å². The highest BCUT2D eigenvalue weighted by atomic mass is 35.5. The van der Waals surface area contributed by atoms with Crippen LogP contribution < -0.4 is 0 Å². The molecule has 0 spiro atoms. The molecule has 4 rings (SSSR count). The molecule has 1 aromatic heterocycles. The SMILES string of the molecule is CCOC(=O)C1CCN(C(=O)c2cc3cc(F)ccc3n2Cc2ccc(Cl)cc2)CC1. The Morgan fingerprint density at radius 1 is 1.10 bits per heavy atom. The highest BCUT2D eigenvalue weighted by molar-refractivity contribution is 6.30. The maximum absolute atomic E-state index is 13.8. The van der Waals surface area contributed by atoms with Crippen molar-refractivity contribution in [3.8, 4) is 0 Å². The van der Waals surface area contributed by atoms with Crippen molar-refractivity contribution >= 4 is 34.4 Å². The predicted molar refractivity (Wildman–Crippen MR) is 118 cm³/mol. The third-order valence-electron chi connectivity index (χ3n) is 5.74. The molecule has 0 unspecified atom stereocenters. The van der Waals surface area contributed by atoms with Crippen LogP contribution in [0.25, 0.3) is 10.9 Å². The van der Waals surface area contributed by atoms with Crippen molar-refractivity contribution in [1.82, 2.24) is 9.47 Å². The van der Waals surface area contributed by atoms with Gasteiger partial charge in [0, 0.05) is 35.6 Å². The second kappa shape index (κ2) is 9.10. The molecular formula is C24H24ClFN2O3. The zero-order valence-electron chi connectivity index (χ0n) is 17.3. The number of carbonyl (C=O) groups excluding carboxylic acids is 2. The Morgan fingerprint density at radius 2 is 1.81 bits per heavy atom. The Balaban J connectivity index is 1.61. The lowest BCUT2D eigenvalue weighted by atomic mass is 9.97. The summed E-state index contributed by atoms with van der Waals surface area (Å²) in [7, 11) is 0. The van der Waals surface area contributed by atoms with E-state index in [2.05, 4.69) is 0 Å². The molecule has 0 aliphatic carbocycles. The molecule has 5 nitrogen and oxygen atoms in total. The summed E-state index contributed by atoms with van der Waals surface area (Å²) in [5.41, 5.74) is 2.28. The van der Waals surface area contributed by atoms with E-state index in [1.807, 2.05) is 28.8 Å². The molecule has 1 saturated heterocycles. The van der Waals surface area contributed by atoms with Crippen LogP contribution >= 0.6 is 11.6 Å². The van der Waals surface area contributed by atoms with E-state index in [9.17, 15) is 14.0 Å². The van der Waals surface area contributed by atoms with Crippen molar-refractivity contribution in [2.45, 2.75) is 26.3 Å². The molecule has 7 heteroatoms. The third-order valence-corrected chi connectivity index (χ3v) is 5.99. The first-order valence-electron chi connectivity index (χ1n) is 10.5. The molecule has 0 radical (unpaired) electrons. The summed E-state index contributed by atoms with van der Waals surface area (Å²) in [5, 5.41) is 1.32. The molecule has 0 bridgehead atoms. The van der Waals surface area contributed by atoms with Crippen LogP contribution in [0.3, 0.4) is 0 Å². The zero-order chi connectivity index (χ0) is 22.0. The first kappa shape index (κ1) is 21.4. The van der Waals surface area contributed by atoms with Crippen molar-refractivity contribution in [3.05, 3.63) is 70.6 Å². The van der Waals surface area contributed by atoms with E-state index in [1.165, 1.54) is 12.1 Å². The quantitative estimate of drug-likeness (QED) is 0.528. The minimum absolute atomic E-state index is 0.118. The topological polar surface area (TPSA) is 51.5 Å². The van der Waals surface area contributed by atoms with Crippen LogP contribution in [0.4, 0.5) is 4.39 Å². The third kappa shape index (κ3) is 4.59. The van der Waals surface area contributed by atoms with Gasteiger partial charge in [-0.2, -0.15) is 0 Å². The number of hydrogen-bond acceptors (Lipinski definition) is 3. The van der Waals surface area contributed by atoms with Gasteiger partial charge in [-0.15, -0.1) is 0 Å². The van der Waals surface area contributed by atoms with E-state index in [1.54, 1.807) is 24.0 Å². The number of halogens is 2. The van der Waals surface area contributed by atoms with Crippen molar-refractivity contribution < 1.29 is 18.7 Å². The van der Waals surface area contributed by atoms with Crippen LogP contribution in [0.1, 0.15) is 35.8 Å². The van der Waals surface area contributed by atoms with Gasteiger partial charge in [-0.25, -0.2) is 4.39 Å². The lowest BCUT2D eigenvalue weighted by Crippen LogP contribution is -2.41. The summed E-state index contributed by atoms with van der Waals surface area (Å²) in [6, 6.07) is 13.7. The number of hydrogen-bond donors (Lipinski definition) is 0. The second-order valence-corrected chi connectivity index (χ2v) is 8.20. The summed E-state index contributed by atoms with van der Waals surface area (Å²) in [6.45, 7) is 3.59. The Morgan fingerprint density at radius 3 is 2.48 bits per heavy atom. The fraction of sp³-hybridized carbons (Fsp3) is 0.333. The van der Waals surface area contributed by atoms with Gasteiger partial charge in [0.2, 0.25) is 0 Å². The molecule has 1 aliphatic heterocycles. The Labute approximate surface area is 185 Å². The Bertz CT molecular complexity index is 1100. The summed E-state index contributed by atoms with van der Waals surface area (Å²) < 4.78 is 20.9. The first-order valence-corrected chi connectivity index (χ1v) is 10.8. The molecule has 31 heavy (non-hydrogen) atoms. The van der Waals surface area contributed by atoms with Crippen molar-refractivity contribution in [1.29, 1.82) is 0 Å². The van der Waals surface area contributed by atoms with Crippen LogP contribution in [-0.2, 0) is 16.1 Å². The molecule has 0 N–H and O–H groups in total. The van der Waals surface area contributed by atoms with Crippen LogP contribution in [0.5, 0.6) is 0 Å². The number of benzene rings is 2. The number of esters is 1. The number of amides is 1. The minimum Gasteiger partial charge on any atom is -0.466 e. The van der Waals surface area contributed by atoms with E-state index < -0.39 is 0 Å². The van der Waals surface area contributed by atoms with Crippen LogP contribution in [0, 0.1) is 11.7 Å². The van der Waals surface area contributed by atoms with Crippen molar-refractivity contribution in [2.75, 3.05) is 19.7 Å². The highest BCUT2D eigenvalue weighted by Crippen LogP contribution is 2.26. The molecule has 0 saturated carbocycles. The number of nitrogens with zero attached hydrogens (tertiary/aromatic N) is 2. The monoisotopic (exact) mass is 442 g/mol. The van der Waals surface area contributed by atoms with Gasteiger partial charge in [0.05, 0.1) is 12.5 Å². The van der Waals surface area contributed by atoms with Crippen LogP contribution in [0.15, 0.2) is 48.5 Å². The number of ether oxygens (including phenoxy) is 1. The van der Waals surface area contributed by atoms with Gasteiger partial charge in [-0.3, -0.25) is 9.59 Å². The Hall–Kier alpha value is -2.86. The van der Waals surface area contributed by atoms with E-state index in [0.717, 1.165) is 11.1 Å². The van der Waals surface area contributed by atoms with Gasteiger partial charge in [-0.1, -0.05) is 23.7 Å². The number of carbonyl (C=O) groups is 2. The van der Waals surface area contributed by atoms with Gasteiger partial charge in [0.15, 0.2) is 0 Å². The molecule has 1 fully saturated rings. The number of aromatic nitrogens is 1. The van der Waals surface area contributed by atoms with Crippen LogP contribution in [0.2, 0.25) is 5.02 Å². The second-order valence-electron chi connectivity index (χ2n) is 7.76. The number of likely N-dealkylation sites (tertiary alicyclic amines) is 1. The van der Waals surface area contributed by atoms with Gasteiger partial charge >= 0.3 is 5.97 Å². The number of rotatable bonds is 5. The maximum Gasteiger partial charge on any atom is 0.309 e.